The first kappa shape index (κ1) is 17.7. The summed E-state index contributed by atoms with van der Waals surface area (Å²) in [5.41, 5.74) is 0. The summed E-state index contributed by atoms with van der Waals surface area (Å²) < 4.78 is 0. The minimum Gasteiger partial charge on any atom is -0.354 e. The number of nitrogens with one attached hydrogen (secondary N) is 1. The van der Waals surface area contributed by atoms with Gasteiger partial charge in [0, 0.05) is 38.6 Å². The van der Waals surface area contributed by atoms with Crippen LogP contribution in [0.15, 0.2) is 0 Å². The second-order valence-electron chi connectivity index (χ2n) is 8.19. The molecule has 1 aliphatic heterocycles. The highest BCUT2D eigenvalue weighted by atomic mass is 16.2. The Bertz CT molecular complexity index is 448. The highest BCUT2D eigenvalue weighted by molar-refractivity contribution is 5.82. The monoisotopic (exact) mass is 335 g/mol. The van der Waals surface area contributed by atoms with Gasteiger partial charge in [-0.3, -0.25) is 14.5 Å². The molecule has 5 heteroatoms. The molecule has 1 atom stereocenters. The molecule has 3 fully saturated rings. The number of hydrogen-bond acceptors (Lipinski definition) is 3. The topological polar surface area (TPSA) is 52.7 Å². The van der Waals surface area contributed by atoms with E-state index in [-0.39, 0.29) is 23.8 Å². The zero-order chi connectivity index (χ0) is 17.1. The fraction of sp³-hybridized carbons (Fsp3) is 0.895. The highest BCUT2D eigenvalue weighted by Gasteiger charge is 2.37. The number of rotatable bonds is 6. The van der Waals surface area contributed by atoms with Crippen LogP contribution in [0.4, 0.5) is 0 Å². The molecule has 0 aromatic heterocycles. The van der Waals surface area contributed by atoms with Crippen LogP contribution in [-0.4, -0.2) is 60.4 Å². The van der Waals surface area contributed by atoms with E-state index >= 15 is 0 Å². The third-order valence-corrected chi connectivity index (χ3v) is 5.89. The van der Waals surface area contributed by atoms with Crippen molar-refractivity contribution < 1.29 is 9.59 Å². The van der Waals surface area contributed by atoms with Gasteiger partial charge in [-0.2, -0.15) is 0 Å². The molecule has 1 N–H and O–H groups in total. The number of carbonyl (C=O) groups is 2. The summed E-state index contributed by atoms with van der Waals surface area (Å²) in [6, 6.07) is 0.0163. The molecule has 24 heavy (non-hydrogen) atoms. The highest BCUT2D eigenvalue weighted by Crippen LogP contribution is 2.32. The van der Waals surface area contributed by atoms with Crippen molar-refractivity contribution in [3.8, 4) is 0 Å². The van der Waals surface area contributed by atoms with E-state index < -0.39 is 0 Å². The average molecular weight is 335 g/mol. The molecule has 1 saturated heterocycles. The molecule has 2 saturated carbocycles. The second-order valence-corrected chi connectivity index (χ2v) is 8.19. The van der Waals surface area contributed by atoms with Crippen molar-refractivity contribution in [1.29, 1.82) is 0 Å². The summed E-state index contributed by atoms with van der Waals surface area (Å²) in [7, 11) is 0. The molecule has 0 radical (unpaired) electrons. The molecule has 2 aliphatic carbocycles. The van der Waals surface area contributed by atoms with Gasteiger partial charge in [0.15, 0.2) is 0 Å². The van der Waals surface area contributed by atoms with Crippen LogP contribution in [0.1, 0.15) is 52.4 Å². The molecule has 0 spiro atoms. The molecule has 0 aromatic carbocycles. The van der Waals surface area contributed by atoms with Gasteiger partial charge >= 0.3 is 0 Å². The molecule has 3 aliphatic rings. The summed E-state index contributed by atoms with van der Waals surface area (Å²) in [5, 5.41) is 3.21. The van der Waals surface area contributed by atoms with E-state index in [4.69, 9.17) is 0 Å². The van der Waals surface area contributed by atoms with Crippen LogP contribution >= 0.6 is 0 Å². The minimum absolute atomic E-state index is 0.0163. The van der Waals surface area contributed by atoms with Crippen molar-refractivity contribution in [3.05, 3.63) is 0 Å². The molecule has 136 valence electrons. The van der Waals surface area contributed by atoms with Crippen molar-refractivity contribution >= 4 is 11.8 Å². The maximum Gasteiger partial charge on any atom is 0.237 e. The zero-order valence-corrected chi connectivity index (χ0v) is 15.3. The molecule has 1 heterocycles. The molecule has 0 aromatic rings. The van der Waals surface area contributed by atoms with Crippen LogP contribution in [0.5, 0.6) is 0 Å². The van der Waals surface area contributed by atoms with Crippen molar-refractivity contribution in [2.24, 2.45) is 17.8 Å². The lowest BCUT2D eigenvalue weighted by atomic mass is 9.95. The van der Waals surface area contributed by atoms with E-state index in [1.807, 2.05) is 18.7 Å². The Balaban J connectivity index is 1.58. The Morgan fingerprint density at radius 2 is 1.62 bits per heavy atom. The number of piperazine rings is 1. The van der Waals surface area contributed by atoms with Gasteiger partial charge in [0.25, 0.3) is 0 Å². The average Bonchev–Trinajstić information content (AvgIpc) is 3.27. The lowest BCUT2D eigenvalue weighted by Crippen LogP contribution is -2.58. The summed E-state index contributed by atoms with van der Waals surface area (Å²) >= 11 is 0. The third-order valence-electron chi connectivity index (χ3n) is 5.89. The molecule has 3 rings (SSSR count). The van der Waals surface area contributed by atoms with Crippen molar-refractivity contribution in [1.82, 2.24) is 15.1 Å². The standard InChI is InChI=1S/C19H33N3O2/c1-14(2)19(24)22-11-9-21(10-12-22)17(16-5-3-4-6-16)18(23)20-13-15-7-8-15/h14-17H,3-13H2,1-2H3,(H,20,23). The Labute approximate surface area is 146 Å². The van der Waals surface area contributed by atoms with Crippen LogP contribution in [0, 0.1) is 17.8 Å². The Hall–Kier alpha value is -1.10. The molecular weight excluding hydrogens is 302 g/mol. The van der Waals surface area contributed by atoms with Crippen LogP contribution < -0.4 is 5.32 Å². The summed E-state index contributed by atoms with van der Waals surface area (Å²) in [6.45, 7) is 7.95. The summed E-state index contributed by atoms with van der Waals surface area (Å²) in [5.74, 6) is 1.75. The fourth-order valence-corrected chi connectivity index (χ4v) is 4.21. The SMILES string of the molecule is CC(C)C(=O)N1CCN(C(C(=O)NCC2CC2)C2CCCC2)CC1. The van der Waals surface area contributed by atoms with Crippen molar-refractivity contribution in [3.63, 3.8) is 0 Å². The number of carbonyl (C=O) groups excluding carboxylic acids is 2. The van der Waals surface area contributed by atoms with E-state index in [0.29, 0.717) is 5.92 Å². The van der Waals surface area contributed by atoms with Crippen molar-refractivity contribution in [2.75, 3.05) is 32.7 Å². The number of hydrogen-bond donors (Lipinski definition) is 1. The Kier molecular flexibility index (Phi) is 5.80. The van der Waals surface area contributed by atoms with Crippen LogP contribution in [-0.2, 0) is 9.59 Å². The summed E-state index contributed by atoms with van der Waals surface area (Å²) in [4.78, 5) is 29.3. The predicted molar refractivity (Wildman–Crippen MR) is 94.5 cm³/mol. The number of amides is 2. The Morgan fingerprint density at radius 1 is 1.00 bits per heavy atom. The largest absolute Gasteiger partial charge is 0.354 e. The van der Waals surface area contributed by atoms with E-state index in [1.54, 1.807) is 0 Å². The first-order chi connectivity index (χ1) is 11.6. The van der Waals surface area contributed by atoms with Crippen LogP contribution in [0.3, 0.4) is 0 Å². The van der Waals surface area contributed by atoms with Crippen LogP contribution in [0.2, 0.25) is 0 Å². The van der Waals surface area contributed by atoms with E-state index in [9.17, 15) is 9.59 Å². The molecular formula is C19H33N3O2. The summed E-state index contributed by atoms with van der Waals surface area (Å²) in [6.07, 6.45) is 7.39. The lowest BCUT2D eigenvalue weighted by Gasteiger charge is -2.41. The maximum atomic E-state index is 12.9. The zero-order valence-electron chi connectivity index (χ0n) is 15.3. The first-order valence-electron chi connectivity index (χ1n) is 9.87. The van der Waals surface area contributed by atoms with Gasteiger partial charge in [0.2, 0.25) is 11.8 Å². The smallest absolute Gasteiger partial charge is 0.237 e. The van der Waals surface area contributed by atoms with Gasteiger partial charge in [0.1, 0.15) is 0 Å². The quantitative estimate of drug-likeness (QED) is 0.806. The van der Waals surface area contributed by atoms with E-state index in [2.05, 4.69) is 10.2 Å². The number of nitrogens with zero attached hydrogens (tertiary/aromatic N) is 2. The molecule has 1 unspecified atom stereocenters. The van der Waals surface area contributed by atoms with Gasteiger partial charge in [-0.15, -0.1) is 0 Å². The van der Waals surface area contributed by atoms with Gasteiger partial charge < -0.3 is 10.2 Å². The van der Waals surface area contributed by atoms with Gasteiger partial charge in [-0.25, -0.2) is 0 Å². The van der Waals surface area contributed by atoms with E-state index in [0.717, 1.165) is 38.6 Å². The predicted octanol–water partition coefficient (Wildman–Crippen LogP) is 1.87. The van der Waals surface area contributed by atoms with Crippen LogP contribution in [0.25, 0.3) is 0 Å². The maximum absolute atomic E-state index is 12.9. The second kappa shape index (κ2) is 7.85. The third kappa shape index (κ3) is 4.29. The van der Waals surface area contributed by atoms with E-state index in [1.165, 1.54) is 38.5 Å². The molecule has 5 nitrogen and oxygen atoms in total. The van der Waals surface area contributed by atoms with Gasteiger partial charge in [-0.05, 0) is 37.5 Å². The lowest BCUT2D eigenvalue weighted by molar-refractivity contribution is -0.138. The normalized spacial score (nSPS) is 24.4. The first-order valence-corrected chi connectivity index (χ1v) is 9.87. The van der Waals surface area contributed by atoms with Gasteiger partial charge in [-0.1, -0.05) is 26.7 Å². The molecule has 0 bridgehead atoms. The van der Waals surface area contributed by atoms with Crippen molar-refractivity contribution in [2.45, 2.75) is 58.4 Å². The molecule has 2 amide bonds. The fourth-order valence-electron chi connectivity index (χ4n) is 4.21. The van der Waals surface area contributed by atoms with Gasteiger partial charge in [0.05, 0.1) is 6.04 Å². The Morgan fingerprint density at radius 3 is 2.17 bits per heavy atom. The minimum atomic E-state index is 0.0163.